The van der Waals surface area contributed by atoms with Crippen molar-refractivity contribution in [3.05, 3.63) is 69.3 Å². The molecule has 3 aromatic rings. The van der Waals surface area contributed by atoms with Crippen LogP contribution < -0.4 is 24.3 Å². The van der Waals surface area contributed by atoms with Crippen LogP contribution in [0.25, 0.3) is 10.9 Å². The largest absolute Gasteiger partial charge is 0.508 e. The van der Waals surface area contributed by atoms with E-state index in [1.807, 2.05) is 33.0 Å². The lowest BCUT2D eigenvalue weighted by atomic mass is 9.63. The number of benzene rings is 2. The van der Waals surface area contributed by atoms with Crippen molar-refractivity contribution in [1.82, 2.24) is 20.1 Å². The number of ether oxygens (including phenoxy) is 6. The Morgan fingerprint density at radius 1 is 1.11 bits per heavy atom. The number of rotatable bonds is 4. The quantitative estimate of drug-likeness (QED) is 0.208. The standard InChI is InChI=1S/C44H47N5O11S/c1-19-10-22-13-43(15-45)16-48(5)38(42(22,4)39(51)32(19)56-7)31-36-30-29(35-34(58-18-59-35)20(2)33(30)60-21(3)50)28(49(31)43)14-57-41(54)44(17-61-36)37-25(12-27(47-44)40(52)53)24-11-23(55-6)8-9-26(24)46-37/h8-11,22,27-28,31,36,38,46-47,51H,12-14,16-18H2,1-7H3,(H,52,53)/t22?,27-,28+,31+,36-,38-,42?,43?,44-/m1/s1. The Labute approximate surface area is 355 Å². The van der Waals surface area contributed by atoms with Gasteiger partial charge in [-0.1, -0.05) is 13.0 Å². The molecule has 0 radical (unpaired) electrons. The monoisotopic (exact) mass is 853 g/mol. The number of likely N-dealkylation sites (N-methyl/N-ethyl adjacent to an activating group) is 1. The van der Waals surface area contributed by atoms with E-state index in [0.29, 0.717) is 69.4 Å². The first-order valence-corrected chi connectivity index (χ1v) is 21.4. The van der Waals surface area contributed by atoms with Crippen LogP contribution in [0.3, 0.4) is 0 Å². The van der Waals surface area contributed by atoms with E-state index >= 15 is 4.79 Å². The maximum atomic E-state index is 15.2. The highest BCUT2D eigenvalue weighted by Gasteiger charge is 2.70. The number of piperazine rings is 1. The third kappa shape index (κ3) is 5.19. The SMILES string of the molecule is COC1=C(O)C2(C)C(C=C1C)CC1(C#N)CN(C)[C@@H]2[C@@H]2[C@@H]3SC[C@]4(N[C@@H](C(=O)O)Cc5c4[nH]c4ccc(OC)cc54)C(=O)OC[C@@H](c4c5c(c(C)c(OC(C)=O)c43)OCO5)N21. The maximum Gasteiger partial charge on any atom is 0.333 e. The van der Waals surface area contributed by atoms with Gasteiger partial charge in [-0.2, -0.15) is 5.26 Å². The van der Waals surface area contributed by atoms with Gasteiger partial charge >= 0.3 is 17.9 Å². The van der Waals surface area contributed by atoms with Crippen LogP contribution in [-0.2, 0) is 35.8 Å². The second-order valence-corrected chi connectivity index (χ2v) is 18.7. The van der Waals surface area contributed by atoms with Gasteiger partial charge in [-0.25, -0.2) is 4.79 Å². The molecule has 12 rings (SSSR count). The summed E-state index contributed by atoms with van der Waals surface area (Å²) in [6.07, 6.45) is 2.50. The Hall–Kier alpha value is -5.41. The number of esters is 2. The molecule has 1 aromatic heterocycles. The molecule has 9 heterocycles. The van der Waals surface area contributed by atoms with Gasteiger partial charge in [0.05, 0.1) is 42.7 Å². The van der Waals surface area contributed by atoms with Crippen molar-refractivity contribution in [2.24, 2.45) is 11.3 Å². The van der Waals surface area contributed by atoms with Crippen LogP contribution in [-0.4, -0.2) is 114 Å². The topological polar surface area (TPSA) is 205 Å². The molecule has 9 aliphatic rings. The van der Waals surface area contributed by atoms with Gasteiger partial charge in [-0.15, -0.1) is 11.8 Å². The van der Waals surface area contributed by atoms with Crippen molar-refractivity contribution in [2.75, 3.05) is 47.0 Å². The third-order valence-electron chi connectivity index (χ3n) is 14.5. The number of aliphatic carboxylic acids is 1. The summed E-state index contributed by atoms with van der Waals surface area (Å²) in [5.74, 6) is -0.658. The molecule has 4 N–H and O–H groups in total. The first-order valence-electron chi connectivity index (χ1n) is 20.3. The number of carboxylic acids is 1. The molecule has 1 aliphatic carbocycles. The van der Waals surface area contributed by atoms with E-state index in [4.69, 9.17) is 28.4 Å². The first-order chi connectivity index (χ1) is 29.1. The Balaban J connectivity index is 1.26. The second-order valence-electron chi connectivity index (χ2n) is 17.5. The number of methoxy groups -OCH3 is 2. The zero-order chi connectivity index (χ0) is 43.1. The first kappa shape index (κ1) is 39.7. The van der Waals surface area contributed by atoms with Gasteiger partial charge in [0.25, 0.3) is 0 Å². The molecule has 4 fully saturated rings. The van der Waals surface area contributed by atoms with E-state index in [-0.39, 0.29) is 43.0 Å². The minimum absolute atomic E-state index is 0.0566. The van der Waals surface area contributed by atoms with Crippen LogP contribution in [0.2, 0.25) is 0 Å². The fourth-order valence-corrected chi connectivity index (χ4v) is 13.7. The van der Waals surface area contributed by atoms with E-state index in [1.54, 1.807) is 20.1 Å². The van der Waals surface area contributed by atoms with Gasteiger partial charge in [0, 0.05) is 65.3 Å². The molecule has 4 saturated heterocycles. The summed E-state index contributed by atoms with van der Waals surface area (Å²) < 4.78 is 36.5. The number of nitriles is 1. The number of aromatic amines is 1. The molecule has 0 saturated carbocycles. The molecule has 10 atom stereocenters. The molecule has 4 unspecified atom stereocenters. The molecule has 8 aliphatic heterocycles. The average Bonchev–Trinajstić information content (AvgIpc) is 3.84. The van der Waals surface area contributed by atoms with E-state index in [2.05, 4.69) is 32.2 Å². The minimum atomic E-state index is -1.71. The number of H-pyrrole nitrogens is 1. The van der Waals surface area contributed by atoms with Gasteiger partial charge in [-0.05, 0) is 62.6 Å². The van der Waals surface area contributed by atoms with Crippen LogP contribution in [0.1, 0.15) is 66.4 Å². The number of fused-ring (bicyclic) bond motifs is 8. The molecule has 4 bridgehead atoms. The number of allylic oxidation sites excluding steroid dienone is 2. The lowest BCUT2D eigenvalue weighted by Gasteiger charge is -2.62. The number of carboxylic acid groups (broad SMARTS) is 1. The summed E-state index contributed by atoms with van der Waals surface area (Å²) in [5, 5.41) is 38.0. The van der Waals surface area contributed by atoms with E-state index < -0.39 is 63.8 Å². The number of aliphatic hydroxyl groups excluding tert-OH is 1. The number of aliphatic hydroxyl groups is 1. The van der Waals surface area contributed by atoms with E-state index in [1.165, 1.54) is 25.8 Å². The van der Waals surface area contributed by atoms with E-state index in [9.17, 15) is 25.1 Å². The summed E-state index contributed by atoms with van der Waals surface area (Å²) in [6.45, 7) is 6.96. The average molecular weight is 854 g/mol. The van der Waals surface area contributed by atoms with Gasteiger partial charge in [0.2, 0.25) is 6.79 Å². The van der Waals surface area contributed by atoms with Gasteiger partial charge in [0.15, 0.2) is 22.8 Å². The molecule has 61 heavy (non-hydrogen) atoms. The third-order valence-corrected chi connectivity index (χ3v) is 15.9. The Morgan fingerprint density at radius 2 is 1.89 bits per heavy atom. The smallest absolute Gasteiger partial charge is 0.333 e. The Kier molecular flexibility index (Phi) is 8.82. The molecule has 1 spiro atoms. The molecule has 320 valence electrons. The Morgan fingerprint density at radius 3 is 2.59 bits per heavy atom. The number of hydrogen-bond donors (Lipinski definition) is 4. The van der Waals surface area contributed by atoms with Crippen molar-refractivity contribution >= 4 is 40.6 Å². The number of nitrogens with one attached hydrogen (secondary N) is 2. The number of thioether (sulfide) groups is 1. The number of aromatic nitrogens is 1. The summed E-state index contributed by atoms with van der Waals surface area (Å²) in [7, 11) is 5.06. The predicted octanol–water partition coefficient (Wildman–Crippen LogP) is 4.67. The van der Waals surface area contributed by atoms with Crippen molar-refractivity contribution in [2.45, 2.75) is 81.0 Å². The van der Waals surface area contributed by atoms with Crippen LogP contribution in [0, 0.1) is 29.6 Å². The lowest BCUT2D eigenvalue weighted by molar-refractivity contribution is -0.160. The number of carbonyl (C=O) groups is 3. The number of hydrogen-bond acceptors (Lipinski definition) is 15. The van der Waals surface area contributed by atoms with Crippen molar-refractivity contribution in [1.29, 1.82) is 5.26 Å². The fraction of sp³-hybridized carbons (Fsp3) is 0.500. The van der Waals surface area contributed by atoms with Gasteiger partial charge in [-0.3, -0.25) is 24.7 Å². The van der Waals surface area contributed by atoms with E-state index in [0.717, 1.165) is 11.0 Å². The summed E-state index contributed by atoms with van der Waals surface area (Å²) >= 11 is 1.38. The fourth-order valence-electron chi connectivity index (χ4n) is 12.0. The summed E-state index contributed by atoms with van der Waals surface area (Å²) in [6, 6.07) is 5.08. The zero-order valence-corrected chi connectivity index (χ0v) is 35.7. The molecular weight excluding hydrogens is 807 g/mol. The lowest BCUT2D eigenvalue weighted by Crippen LogP contribution is -2.73. The Bertz CT molecular complexity index is 2580. The second kappa shape index (κ2) is 13.5. The van der Waals surface area contributed by atoms with Crippen LogP contribution in [0.4, 0.5) is 0 Å². The van der Waals surface area contributed by atoms with Crippen molar-refractivity contribution in [3.8, 4) is 29.1 Å². The summed E-state index contributed by atoms with van der Waals surface area (Å²) in [4.78, 5) is 49.1. The maximum absolute atomic E-state index is 15.2. The molecular formula is C44H47N5O11S. The highest BCUT2D eigenvalue weighted by molar-refractivity contribution is 7.99. The van der Waals surface area contributed by atoms with Crippen molar-refractivity contribution in [3.63, 3.8) is 0 Å². The molecule has 0 amide bonds. The number of carbonyl (C=O) groups excluding carboxylic acids is 2. The highest BCUT2D eigenvalue weighted by Crippen LogP contribution is 2.67. The van der Waals surface area contributed by atoms with Crippen LogP contribution in [0.15, 0.2) is 41.4 Å². The zero-order valence-electron chi connectivity index (χ0n) is 34.8. The van der Waals surface area contributed by atoms with Crippen molar-refractivity contribution < 1.29 is 53.0 Å². The van der Waals surface area contributed by atoms with Gasteiger partial charge < -0.3 is 43.6 Å². The minimum Gasteiger partial charge on any atom is -0.508 e. The normalized spacial score (nSPS) is 34.6. The van der Waals surface area contributed by atoms with Gasteiger partial charge in [0.1, 0.15) is 35.4 Å². The predicted molar refractivity (Wildman–Crippen MR) is 219 cm³/mol. The number of nitrogens with zero attached hydrogens (tertiary/aromatic N) is 3. The molecule has 2 aromatic carbocycles. The molecule has 17 heteroatoms. The highest BCUT2D eigenvalue weighted by atomic mass is 32.2. The van der Waals surface area contributed by atoms with Crippen LogP contribution in [0.5, 0.6) is 23.0 Å². The molecule has 16 nitrogen and oxygen atoms in total. The summed E-state index contributed by atoms with van der Waals surface area (Å²) in [5.41, 5.74) is 0.427. The van der Waals surface area contributed by atoms with Crippen LogP contribution >= 0.6 is 11.8 Å².